The predicted octanol–water partition coefficient (Wildman–Crippen LogP) is 3.41. The average Bonchev–Trinajstić information content (AvgIpc) is 2.57. The van der Waals surface area contributed by atoms with Gasteiger partial charge < -0.3 is 20.3 Å². The van der Waals surface area contributed by atoms with Gasteiger partial charge in [0.2, 0.25) is 11.8 Å². The molecule has 27 heavy (non-hydrogen) atoms. The molecule has 142 valence electrons. The van der Waals surface area contributed by atoms with Gasteiger partial charge in [-0.05, 0) is 42.5 Å². The van der Waals surface area contributed by atoms with Crippen LogP contribution in [0.15, 0.2) is 42.5 Å². The molecule has 0 unspecified atom stereocenters. The zero-order valence-electron chi connectivity index (χ0n) is 14.7. The third-order valence-corrected chi connectivity index (χ3v) is 4.36. The average molecular weight is 392 g/mol. The number of nitrogens with one attached hydrogen (secondary N) is 2. The summed E-state index contributed by atoms with van der Waals surface area (Å²) in [7, 11) is 0. The molecule has 0 saturated carbocycles. The van der Waals surface area contributed by atoms with E-state index in [-0.39, 0.29) is 30.3 Å². The van der Waals surface area contributed by atoms with Crippen LogP contribution in [0.1, 0.15) is 6.92 Å². The number of nitrogens with zero attached hydrogens (tertiary/aromatic N) is 1. The Hall–Kier alpha value is -2.64. The number of amides is 2. The SMILES string of the molecule is CC(=O)N1CC(OCC(=O)Nc2ccc(Cl)cc2Nc2ccc(F)cc2)C1. The lowest BCUT2D eigenvalue weighted by Gasteiger charge is -2.38. The first kappa shape index (κ1) is 19.1. The highest BCUT2D eigenvalue weighted by molar-refractivity contribution is 6.31. The summed E-state index contributed by atoms with van der Waals surface area (Å²) in [6, 6.07) is 10.8. The van der Waals surface area contributed by atoms with Gasteiger partial charge >= 0.3 is 0 Å². The molecule has 0 radical (unpaired) electrons. The first-order valence-electron chi connectivity index (χ1n) is 8.40. The molecule has 8 heteroatoms. The molecule has 0 spiro atoms. The van der Waals surface area contributed by atoms with Crippen LogP contribution in [0.5, 0.6) is 0 Å². The van der Waals surface area contributed by atoms with Crippen molar-refractivity contribution < 1.29 is 18.7 Å². The zero-order valence-corrected chi connectivity index (χ0v) is 15.4. The van der Waals surface area contributed by atoms with Crippen LogP contribution in [0.25, 0.3) is 0 Å². The molecule has 1 aliphatic heterocycles. The van der Waals surface area contributed by atoms with Crippen LogP contribution in [-0.2, 0) is 14.3 Å². The maximum Gasteiger partial charge on any atom is 0.250 e. The van der Waals surface area contributed by atoms with Crippen molar-refractivity contribution >= 4 is 40.5 Å². The number of hydrogen-bond acceptors (Lipinski definition) is 4. The van der Waals surface area contributed by atoms with Crippen molar-refractivity contribution in [1.29, 1.82) is 0 Å². The topological polar surface area (TPSA) is 70.7 Å². The zero-order chi connectivity index (χ0) is 19.4. The fourth-order valence-electron chi connectivity index (χ4n) is 2.60. The van der Waals surface area contributed by atoms with E-state index < -0.39 is 0 Å². The van der Waals surface area contributed by atoms with E-state index in [2.05, 4.69) is 10.6 Å². The molecule has 0 atom stereocenters. The van der Waals surface area contributed by atoms with Crippen molar-refractivity contribution in [2.24, 2.45) is 0 Å². The second kappa shape index (κ2) is 8.37. The lowest BCUT2D eigenvalue weighted by Crippen LogP contribution is -2.54. The Morgan fingerprint density at radius 2 is 1.89 bits per heavy atom. The van der Waals surface area contributed by atoms with Crippen LogP contribution in [0.3, 0.4) is 0 Å². The van der Waals surface area contributed by atoms with Gasteiger partial charge in [0.25, 0.3) is 0 Å². The van der Waals surface area contributed by atoms with Gasteiger partial charge in [-0.2, -0.15) is 0 Å². The minimum atomic E-state index is -0.336. The van der Waals surface area contributed by atoms with Crippen LogP contribution in [0.4, 0.5) is 21.5 Å². The van der Waals surface area contributed by atoms with Gasteiger partial charge in [-0.1, -0.05) is 11.6 Å². The van der Waals surface area contributed by atoms with Crippen molar-refractivity contribution in [1.82, 2.24) is 4.90 Å². The molecule has 1 aliphatic rings. The van der Waals surface area contributed by atoms with Gasteiger partial charge in [0.05, 0.1) is 17.5 Å². The highest BCUT2D eigenvalue weighted by Gasteiger charge is 2.29. The number of halogens is 2. The molecule has 0 aliphatic carbocycles. The van der Waals surface area contributed by atoms with Crippen LogP contribution in [0, 0.1) is 5.82 Å². The summed E-state index contributed by atoms with van der Waals surface area (Å²) in [4.78, 5) is 25.0. The number of carbonyl (C=O) groups excluding carboxylic acids is 2. The number of anilines is 3. The Balaban J connectivity index is 1.58. The number of hydrogen-bond donors (Lipinski definition) is 2. The van der Waals surface area contributed by atoms with Gasteiger partial charge in [0, 0.05) is 30.7 Å². The fraction of sp³-hybridized carbons (Fsp3) is 0.263. The lowest BCUT2D eigenvalue weighted by molar-refractivity contribution is -0.144. The molecular formula is C19H19ClFN3O3. The smallest absolute Gasteiger partial charge is 0.250 e. The quantitative estimate of drug-likeness (QED) is 0.791. The van der Waals surface area contributed by atoms with Crippen molar-refractivity contribution in [3.8, 4) is 0 Å². The number of ether oxygens (including phenoxy) is 1. The van der Waals surface area contributed by atoms with E-state index in [1.165, 1.54) is 19.1 Å². The summed E-state index contributed by atoms with van der Waals surface area (Å²) in [5.41, 5.74) is 1.76. The van der Waals surface area contributed by atoms with Crippen LogP contribution < -0.4 is 10.6 Å². The number of likely N-dealkylation sites (tertiary alicyclic amines) is 1. The van der Waals surface area contributed by atoms with Crippen molar-refractivity contribution in [2.75, 3.05) is 30.3 Å². The van der Waals surface area contributed by atoms with Crippen LogP contribution in [-0.4, -0.2) is 42.5 Å². The molecule has 0 aromatic heterocycles. The van der Waals surface area contributed by atoms with Crippen molar-refractivity contribution in [3.63, 3.8) is 0 Å². The Morgan fingerprint density at radius 3 is 2.56 bits per heavy atom. The van der Waals surface area contributed by atoms with E-state index in [4.69, 9.17) is 16.3 Å². The standard InChI is InChI=1S/C19H19ClFN3O3/c1-12(25)24-9-16(10-24)27-11-19(26)23-17-7-2-13(20)8-18(17)22-15-5-3-14(21)4-6-15/h2-8,16,22H,9-11H2,1H3,(H,23,26). The second-order valence-corrected chi connectivity index (χ2v) is 6.66. The van der Waals surface area contributed by atoms with Crippen molar-refractivity contribution in [3.05, 3.63) is 53.3 Å². The first-order valence-corrected chi connectivity index (χ1v) is 8.77. The van der Waals surface area contributed by atoms with Gasteiger partial charge in [0.1, 0.15) is 12.4 Å². The summed E-state index contributed by atoms with van der Waals surface area (Å²) in [5, 5.41) is 6.36. The van der Waals surface area contributed by atoms with E-state index >= 15 is 0 Å². The Kier molecular flexibility index (Phi) is 5.93. The molecule has 0 bridgehead atoms. The minimum absolute atomic E-state index is 0.00280. The Bertz CT molecular complexity index is 839. The van der Waals surface area contributed by atoms with Gasteiger partial charge in [-0.25, -0.2) is 4.39 Å². The van der Waals surface area contributed by atoms with E-state index in [9.17, 15) is 14.0 Å². The Morgan fingerprint density at radius 1 is 1.19 bits per heavy atom. The molecule has 2 amide bonds. The van der Waals surface area contributed by atoms with E-state index in [0.717, 1.165) is 0 Å². The summed E-state index contributed by atoms with van der Waals surface area (Å²) in [6.45, 7) is 2.38. The number of benzene rings is 2. The third-order valence-electron chi connectivity index (χ3n) is 4.12. The summed E-state index contributed by atoms with van der Waals surface area (Å²) >= 11 is 6.04. The normalized spacial score (nSPS) is 13.8. The fourth-order valence-corrected chi connectivity index (χ4v) is 2.77. The molecular weight excluding hydrogens is 373 g/mol. The van der Waals surface area contributed by atoms with Gasteiger partial charge in [0.15, 0.2) is 0 Å². The second-order valence-electron chi connectivity index (χ2n) is 6.23. The summed E-state index contributed by atoms with van der Waals surface area (Å²) in [5.74, 6) is -0.658. The molecule has 2 N–H and O–H groups in total. The Labute approximate surface area is 161 Å². The van der Waals surface area contributed by atoms with Crippen LogP contribution in [0.2, 0.25) is 5.02 Å². The summed E-state index contributed by atoms with van der Waals surface area (Å²) < 4.78 is 18.5. The van der Waals surface area contributed by atoms with E-state index in [1.54, 1.807) is 35.2 Å². The molecule has 2 aromatic rings. The number of carbonyl (C=O) groups is 2. The first-order chi connectivity index (χ1) is 12.9. The highest BCUT2D eigenvalue weighted by Crippen LogP contribution is 2.29. The monoisotopic (exact) mass is 391 g/mol. The largest absolute Gasteiger partial charge is 0.365 e. The molecule has 1 fully saturated rings. The predicted molar refractivity (Wildman–Crippen MR) is 102 cm³/mol. The number of rotatable bonds is 6. The van der Waals surface area contributed by atoms with Gasteiger partial charge in [-0.3, -0.25) is 9.59 Å². The molecule has 1 heterocycles. The van der Waals surface area contributed by atoms with E-state index in [0.29, 0.717) is 35.2 Å². The summed E-state index contributed by atoms with van der Waals surface area (Å²) in [6.07, 6.45) is -0.123. The van der Waals surface area contributed by atoms with E-state index in [1.807, 2.05) is 0 Å². The van der Waals surface area contributed by atoms with Crippen LogP contribution >= 0.6 is 11.6 Å². The lowest BCUT2D eigenvalue weighted by atomic mass is 10.2. The molecule has 2 aromatic carbocycles. The molecule has 1 saturated heterocycles. The highest BCUT2D eigenvalue weighted by atomic mass is 35.5. The molecule has 6 nitrogen and oxygen atoms in total. The maximum atomic E-state index is 13.1. The molecule has 3 rings (SSSR count). The third kappa shape index (κ3) is 5.18. The van der Waals surface area contributed by atoms with Gasteiger partial charge in [-0.15, -0.1) is 0 Å². The minimum Gasteiger partial charge on any atom is -0.365 e. The maximum absolute atomic E-state index is 13.1. The van der Waals surface area contributed by atoms with Crippen molar-refractivity contribution in [2.45, 2.75) is 13.0 Å².